The van der Waals surface area contributed by atoms with Crippen molar-refractivity contribution in [2.75, 3.05) is 0 Å². The SMILES string of the molecule is C[C@H](O)c1nccn1CC(N)Cc1cc(-c2ccc(C#CC3CC(O)C3)cc2)on1. The Bertz CT molecular complexity index is 1040. The van der Waals surface area contributed by atoms with Gasteiger partial charge in [0, 0.05) is 54.5 Å². The van der Waals surface area contributed by atoms with Gasteiger partial charge in [0.1, 0.15) is 11.9 Å². The number of hydrogen-bond acceptors (Lipinski definition) is 6. The van der Waals surface area contributed by atoms with E-state index in [1.807, 2.05) is 41.1 Å². The fourth-order valence-electron chi connectivity index (χ4n) is 3.58. The molecule has 2 heterocycles. The maximum absolute atomic E-state index is 9.76. The normalized spacial score (nSPS) is 20.1. The number of imidazole rings is 1. The lowest BCUT2D eigenvalue weighted by atomic mass is 9.83. The number of nitrogens with zero attached hydrogens (tertiary/aromatic N) is 3. The second-order valence-electron chi connectivity index (χ2n) is 7.93. The fraction of sp³-hybridized carbons (Fsp3) is 0.391. The molecule has 0 aliphatic heterocycles. The Morgan fingerprint density at radius 2 is 2.07 bits per heavy atom. The molecule has 1 unspecified atom stereocenters. The Morgan fingerprint density at radius 1 is 1.30 bits per heavy atom. The molecule has 7 nitrogen and oxygen atoms in total. The summed E-state index contributed by atoms with van der Waals surface area (Å²) in [6.07, 6.45) is 4.75. The van der Waals surface area contributed by atoms with Crippen LogP contribution in [0.15, 0.2) is 47.2 Å². The van der Waals surface area contributed by atoms with Gasteiger partial charge in [-0.05, 0) is 44.0 Å². The molecule has 30 heavy (non-hydrogen) atoms. The van der Waals surface area contributed by atoms with E-state index in [1.54, 1.807) is 13.1 Å². The van der Waals surface area contributed by atoms with Crippen molar-refractivity contribution in [1.29, 1.82) is 0 Å². The van der Waals surface area contributed by atoms with Crippen molar-refractivity contribution in [3.8, 4) is 23.2 Å². The third-order valence-corrected chi connectivity index (χ3v) is 5.29. The van der Waals surface area contributed by atoms with E-state index in [4.69, 9.17) is 10.3 Å². The second-order valence-corrected chi connectivity index (χ2v) is 7.93. The zero-order valence-electron chi connectivity index (χ0n) is 16.9. The van der Waals surface area contributed by atoms with Gasteiger partial charge in [0.2, 0.25) is 0 Å². The molecule has 156 valence electrons. The first-order valence-corrected chi connectivity index (χ1v) is 10.2. The molecule has 0 bridgehead atoms. The molecule has 1 aliphatic carbocycles. The van der Waals surface area contributed by atoms with Gasteiger partial charge in [0.15, 0.2) is 5.76 Å². The summed E-state index contributed by atoms with van der Waals surface area (Å²) in [6, 6.07) is 9.57. The number of aliphatic hydroxyl groups is 2. The van der Waals surface area contributed by atoms with Crippen LogP contribution in [0.1, 0.15) is 43.0 Å². The molecule has 0 amide bonds. The zero-order chi connectivity index (χ0) is 21.1. The number of nitrogens with two attached hydrogens (primary N) is 1. The average molecular weight is 406 g/mol. The molecule has 1 aliphatic rings. The van der Waals surface area contributed by atoms with E-state index in [2.05, 4.69) is 22.0 Å². The Balaban J connectivity index is 1.36. The monoisotopic (exact) mass is 406 g/mol. The highest BCUT2D eigenvalue weighted by Crippen LogP contribution is 2.26. The smallest absolute Gasteiger partial charge is 0.167 e. The largest absolute Gasteiger partial charge is 0.393 e. The molecule has 4 rings (SSSR count). The number of rotatable bonds is 6. The summed E-state index contributed by atoms with van der Waals surface area (Å²) in [5.74, 6) is 7.95. The van der Waals surface area contributed by atoms with E-state index in [9.17, 15) is 10.2 Å². The zero-order valence-corrected chi connectivity index (χ0v) is 16.9. The van der Waals surface area contributed by atoms with Crippen LogP contribution in [0.4, 0.5) is 0 Å². The van der Waals surface area contributed by atoms with Crippen LogP contribution in [0.2, 0.25) is 0 Å². The first kappa shape index (κ1) is 20.4. The van der Waals surface area contributed by atoms with Crippen molar-refractivity contribution in [3.05, 3.63) is 59.8 Å². The van der Waals surface area contributed by atoms with E-state index >= 15 is 0 Å². The van der Waals surface area contributed by atoms with E-state index < -0.39 is 6.10 Å². The lowest BCUT2D eigenvalue weighted by Gasteiger charge is -2.26. The van der Waals surface area contributed by atoms with Gasteiger partial charge < -0.3 is 25.0 Å². The van der Waals surface area contributed by atoms with E-state index in [1.165, 1.54) is 0 Å². The maximum atomic E-state index is 9.76. The standard InChI is InChI=1S/C23H26N4O3/c1-15(28)23-25-8-9-27(23)14-19(24)12-20-13-22(30-26-20)18-6-4-16(5-7-18)2-3-17-10-21(29)11-17/h4-9,13,15,17,19,21,28-29H,10-12,14,24H2,1H3/t15-,17?,19?,21?/m0/s1. The topological polar surface area (TPSA) is 110 Å². The summed E-state index contributed by atoms with van der Waals surface area (Å²) in [4.78, 5) is 4.16. The highest BCUT2D eigenvalue weighted by atomic mass is 16.5. The molecule has 0 saturated heterocycles. The lowest BCUT2D eigenvalue weighted by molar-refractivity contribution is 0.0666. The predicted octanol–water partition coefficient (Wildman–Crippen LogP) is 2.28. The van der Waals surface area contributed by atoms with Crippen LogP contribution < -0.4 is 5.73 Å². The molecule has 7 heteroatoms. The summed E-state index contributed by atoms with van der Waals surface area (Å²) < 4.78 is 7.36. The highest BCUT2D eigenvalue weighted by molar-refractivity contribution is 5.59. The van der Waals surface area contributed by atoms with Crippen LogP contribution in [0.3, 0.4) is 0 Å². The first-order valence-electron chi connectivity index (χ1n) is 10.2. The van der Waals surface area contributed by atoms with Gasteiger partial charge in [-0.15, -0.1) is 0 Å². The van der Waals surface area contributed by atoms with Crippen molar-refractivity contribution in [3.63, 3.8) is 0 Å². The molecule has 2 atom stereocenters. The number of aliphatic hydroxyl groups excluding tert-OH is 2. The quantitative estimate of drug-likeness (QED) is 0.542. The molecule has 4 N–H and O–H groups in total. The molecule has 2 aromatic heterocycles. The van der Waals surface area contributed by atoms with E-state index in [-0.39, 0.29) is 12.1 Å². The van der Waals surface area contributed by atoms with Crippen molar-refractivity contribution in [2.24, 2.45) is 11.7 Å². The van der Waals surface area contributed by atoms with Crippen LogP contribution in [-0.4, -0.2) is 37.1 Å². The summed E-state index contributed by atoms with van der Waals surface area (Å²) in [5.41, 5.74) is 8.92. The van der Waals surface area contributed by atoms with Crippen molar-refractivity contribution >= 4 is 0 Å². The van der Waals surface area contributed by atoms with Crippen LogP contribution in [0.5, 0.6) is 0 Å². The minimum absolute atomic E-state index is 0.180. The number of hydrogen-bond donors (Lipinski definition) is 3. The third-order valence-electron chi connectivity index (χ3n) is 5.29. The molecular weight excluding hydrogens is 380 g/mol. The molecule has 0 spiro atoms. The van der Waals surface area contributed by atoms with E-state index in [0.717, 1.165) is 29.7 Å². The molecule has 1 aromatic carbocycles. The van der Waals surface area contributed by atoms with Gasteiger partial charge >= 0.3 is 0 Å². The minimum Gasteiger partial charge on any atom is -0.393 e. The minimum atomic E-state index is -0.640. The average Bonchev–Trinajstić information content (AvgIpc) is 3.34. The molecule has 3 aromatic rings. The lowest BCUT2D eigenvalue weighted by Crippen LogP contribution is -2.29. The van der Waals surface area contributed by atoms with Crippen LogP contribution >= 0.6 is 0 Å². The van der Waals surface area contributed by atoms with Gasteiger partial charge in [0.05, 0.1) is 11.8 Å². The van der Waals surface area contributed by atoms with Crippen molar-refractivity contribution < 1.29 is 14.7 Å². The maximum Gasteiger partial charge on any atom is 0.167 e. The summed E-state index contributed by atoms with van der Waals surface area (Å²) >= 11 is 0. The van der Waals surface area contributed by atoms with Crippen molar-refractivity contribution in [2.45, 2.75) is 51.0 Å². The van der Waals surface area contributed by atoms with Crippen LogP contribution in [0, 0.1) is 17.8 Å². The molecule has 1 fully saturated rings. The van der Waals surface area contributed by atoms with Gasteiger partial charge in [0.25, 0.3) is 0 Å². The Hall–Kier alpha value is -2.92. The summed E-state index contributed by atoms with van der Waals surface area (Å²) in [5, 5.41) is 23.2. The summed E-state index contributed by atoms with van der Waals surface area (Å²) in [6.45, 7) is 2.22. The molecular formula is C23H26N4O3. The molecule has 0 radical (unpaired) electrons. The van der Waals surface area contributed by atoms with Gasteiger partial charge in [-0.2, -0.15) is 0 Å². The predicted molar refractivity (Wildman–Crippen MR) is 112 cm³/mol. The first-order chi connectivity index (χ1) is 14.5. The van der Waals surface area contributed by atoms with Gasteiger partial charge in [-0.25, -0.2) is 4.98 Å². The number of aromatic nitrogens is 3. The Labute approximate surface area is 175 Å². The van der Waals surface area contributed by atoms with Gasteiger partial charge in [-0.1, -0.05) is 17.0 Å². The van der Waals surface area contributed by atoms with E-state index in [0.29, 0.717) is 30.5 Å². The molecule has 1 saturated carbocycles. The van der Waals surface area contributed by atoms with Crippen LogP contribution in [0.25, 0.3) is 11.3 Å². The van der Waals surface area contributed by atoms with Crippen LogP contribution in [-0.2, 0) is 13.0 Å². The van der Waals surface area contributed by atoms with Crippen molar-refractivity contribution in [1.82, 2.24) is 14.7 Å². The Kier molecular flexibility index (Phi) is 6.00. The highest BCUT2D eigenvalue weighted by Gasteiger charge is 2.25. The summed E-state index contributed by atoms with van der Waals surface area (Å²) in [7, 11) is 0. The van der Waals surface area contributed by atoms with Gasteiger partial charge in [-0.3, -0.25) is 0 Å². The fourth-order valence-corrected chi connectivity index (χ4v) is 3.58. The second kappa shape index (κ2) is 8.84. The number of benzene rings is 1. The Morgan fingerprint density at radius 3 is 2.77 bits per heavy atom. The third kappa shape index (κ3) is 4.79.